The van der Waals surface area contributed by atoms with Crippen molar-refractivity contribution in [3.8, 4) is 0 Å². The molecule has 1 aliphatic rings. The van der Waals surface area contributed by atoms with Gasteiger partial charge in [0, 0.05) is 36.8 Å². The highest BCUT2D eigenvalue weighted by atomic mass is 16.5. The molecule has 0 bridgehead atoms. The van der Waals surface area contributed by atoms with Crippen molar-refractivity contribution in [1.82, 2.24) is 15.4 Å². The van der Waals surface area contributed by atoms with Crippen molar-refractivity contribution in [3.05, 3.63) is 46.8 Å². The van der Waals surface area contributed by atoms with Crippen LogP contribution in [-0.2, 0) is 13.0 Å². The maximum absolute atomic E-state index is 12.5. The van der Waals surface area contributed by atoms with Crippen LogP contribution in [0.4, 0.5) is 10.5 Å². The topological polar surface area (TPSA) is 87.5 Å². The third-order valence-corrected chi connectivity index (χ3v) is 4.76. The van der Waals surface area contributed by atoms with Crippen LogP contribution in [-0.4, -0.2) is 35.1 Å². The summed E-state index contributed by atoms with van der Waals surface area (Å²) < 4.78 is 5.27. The Labute approximate surface area is 165 Å². The van der Waals surface area contributed by atoms with Crippen molar-refractivity contribution in [2.45, 2.75) is 46.6 Å². The molecule has 0 spiro atoms. The van der Waals surface area contributed by atoms with E-state index in [1.807, 2.05) is 24.0 Å². The number of carbonyl (C=O) groups is 2. The van der Waals surface area contributed by atoms with Gasteiger partial charge in [-0.1, -0.05) is 19.0 Å². The van der Waals surface area contributed by atoms with Crippen molar-refractivity contribution in [3.63, 3.8) is 0 Å². The molecule has 0 radical (unpaired) electrons. The summed E-state index contributed by atoms with van der Waals surface area (Å²) in [6.07, 6.45) is 2.95. The number of hydrogen-bond donors (Lipinski definition) is 2. The fourth-order valence-electron chi connectivity index (χ4n) is 3.31. The first-order valence-corrected chi connectivity index (χ1v) is 9.81. The largest absolute Gasteiger partial charge is 0.361 e. The lowest BCUT2D eigenvalue weighted by Crippen LogP contribution is -2.29. The Kier molecular flexibility index (Phi) is 6.34. The Morgan fingerprint density at radius 3 is 2.64 bits per heavy atom. The number of rotatable bonds is 6. The second kappa shape index (κ2) is 8.91. The SMILES string of the molecule is Cc1cc(C(=O)N2CCCC2)ccc1NC(=O)NCc1cc(CC(C)C)on1. The molecule has 2 heterocycles. The third kappa shape index (κ3) is 5.12. The average molecular weight is 384 g/mol. The van der Waals surface area contributed by atoms with Crippen molar-refractivity contribution >= 4 is 17.6 Å². The van der Waals surface area contributed by atoms with Gasteiger partial charge in [-0.25, -0.2) is 4.79 Å². The van der Waals surface area contributed by atoms with Crippen LogP contribution < -0.4 is 10.6 Å². The van der Waals surface area contributed by atoms with E-state index < -0.39 is 0 Å². The van der Waals surface area contributed by atoms with Crippen molar-refractivity contribution in [1.29, 1.82) is 0 Å². The van der Waals surface area contributed by atoms with E-state index >= 15 is 0 Å². The number of aryl methyl sites for hydroxylation is 1. The van der Waals surface area contributed by atoms with E-state index in [-0.39, 0.29) is 18.5 Å². The van der Waals surface area contributed by atoms with E-state index in [2.05, 4.69) is 29.6 Å². The van der Waals surface area contributed by atoms with Gasteiger partial charge in [0.15, 0.2) is 0 Å². The van der Waals surface area contributed by atoms with Gasteiger partial charge in [0.25, 0.3) is 5.91 Å². The standard InChI is InChI=1S/C21H28N4O3/c1-14(2)10-18-12-17(24-28-18)13-22-21(27)23-19-7-6-16(11-15(19)3)20(26)25-8-4-5-9-25/h6-7,11-12,14H,4-5,8-10,13H2,1-3H3,(H2,22,23,27). The fraction of sp³-hybridized carbons (Fsp3) is 0.476. The van der Waals surface area contributed by atoms with E-state index in [9.17, 15) is 9.59 Å². The molecule has 0 atom stereocenters. The minimum absolute atomic E-state index is 0.0554. The number of amides is 3. The lowest BCUT2D eigenvalue weighted by atomic mass is 10.1. The first-order chi connectivity index (χ1) is 13.4. The predicted molar refractivity (Wildman–Crippen MR) is 107 cm³/mol. The van der Waals surface area contributed by atoms with E-state index in [4.69, 9.17) is 4.52 Å². The molecule has 2 N–H and O–H groups in total. The van der Waals surface area contributed by atoms with Crippen LogP contribution in [0.25, 0.3) is 0 Å². The van der Waals surface area contributed by atoms with E-state index in [1.165, 1.54) is 0 Å². The Morgan fingerprint density at radius 2 is 1.96 bits per heavy atom. The van der Waals surface area contributed by atoms with Gasteiger partial charge in [0.05, 0.1) is 6.54 Å². The summed E-state index contributed by atoms with van der Waals surface area (Å²) >= 11 is 0. The van der Waals surface area contributed by atoms with Gasteiger partial charge in [-0.2, -0.15) is 0 Å². The van der Waals surface area contributed by atoms with Crippen molar-refractivity contribution < 1.29 is 14.1 Å². The van der Waals surface area contributed by atoms with E-state index in [1.54, 1.807) is 12.1 Å². The molecule has 150 valence electrons. The van der Waals surface area contributed by atoms with Gasteiger partial charge < -0.3 is 20.1 Å². The molecule has 1 aromatic carbocycles. The number of carbonyl (C=O) groups excluding carboxylic acids is 2. The van der Waals surface area contributed by atoms with Crippen LogP contribution in [0.15, 0.2) is 28.8 Å². The van der Waals surface area contributed by atoms with Gasteiger partial charge in [0.2, 0.25) is 0 Å². The number of aromatic nitrogens is 1. The molecule has 1 fully saturated rings. The number of likely N-dealkylation sites (tertiary alicyclic amines) is 1. The molecule has 2 aromatic rings. The summed E-state index contributed by atoms with van der Waals surface area (Å²) in [6.45, 7) is 8.03. The summed E-state index contributed by atoms with van der Waals surface area (Å²) in [4.78, 5) is 26.5. The highest BCUT2D eigenvalue weighted by Gasteiger charge is 2.20. The molecular weight excluding hydrogens is 356 g/mol. The maximum atomic E-state index is 12.5. The summed E-state index contributed by atoms with van der Waals surface area (Å²) in [5.41, 5.74) is 2.87. The second-order valence-electron chi connectivity index (χ2n) is 7.72. The molecule has 28 heavy (non-hydrogen) atoms. The van der Waals surface area contributed by atoms with Crippen LogP contribution in [0.3, 0.4) is 0 Å². The van der Waals surface area contributed by atoms with Gasteiger partial charge >= 0.3 is 6.03 Å². The van der Waals surface area contributed by atoms with E-state index in [0.717, 1.165) is 43.7 Å². The summed E-state index contributed by atoms with van der Waals surface area (Å²) in [5.74, 6) is 1.36. The number of nitrogens with zero attached hydrogens (tertiary/aromatic N) is 2. The molecule has 3 rings (SSSR count). The maximum Gasteiger partial charge on any atom is 0.319 e. The number of anilines is 1. The van der Waals surface area contributed by atoms with Crippen molar-refractivity contribution in [2.24, 2.45) is 5.92 Å². The highest BCUT2D eigenvalue weighted by Crippen LogP contribution is 2.19. The first kappa shape index (κ1) is 19.9. The average Bonchev–Trinajstić information content (AvgIpc) is 3.32. The van der Waals surface area contributed by atoms with Gasteiger partial charge in [-0.3, -0.25) is 4.79 Å². The normalized spacial score (nSPS) is 13.8. The third-order valence-electron chi connectivity index (χ3n) is 4.76. The molecular formula is C21H28N4O3. The molecule has 3 amide bonds. The lowest BCUT2D eigenvalue weighted by molar-refractivity contribution is 0.0792. The quantitative estimate of drug-likeness (QED) is 0.794. The zero-order chi connectivity index (χ0) is 20.1. The summed E-state index contributed by atoms with van der Waals surface area (Å²) in [5, 5.41) is 9.57. The Hall–Kier alpha value is -2.83. The summed E-state index contributed by atoms with van der Waals surface area (Å²) in [6, 6.07) is 6.90. The minimum atomic E-state index is -0.324. The number of benzene rings is 1. The van der Waals surface area contributed by atoms with Crippen LogP contribution in [0.5, 0.6) is 0 Å². The molecule has 1 aromatic heterocycles. The summed E-state index contributed by atoms with van der Waals surface area (Å²) in [7, 11) is 0. The monoisotopic (exact) mass is 384 g/mol. The fourth-order valence-corrected chi connectivity index (χ4v) is 3.31. The predicted octanol–water partition coefficient (Wildman–Crippen LogP) is 3.74. The molecule has 7 nitrogen and oxygen atoms in total. The molecule has 1 aliphatic heterocycles. The minimum Gasteiger partial charge on any atom is -0.361 e. The van der Waals surface area contributed by atoms with Crippen LogP contribution in [0.1, 0.15) is 54.1 Å². The van der Waals surface area contributed by atoms with Crippen LogP contribution >= 0.6 is 0 Å². The number of hydrogen-bond acceptors (Lipinski definition) is 4. The van der Waals surface area contributed by atoms with Gasteiger partial charge in [-0.05, 0) is 49.4 Å². The Bertz CT molecular complexity index is 838. The zero-order valence-electron chi connectivity index (χ0n) is 16.7. The van der Waals surface area contributed by atoms with Crippen molar-refractivity contribution in [2.75, 3.05) is 18.4 Å². The second-order valence-corrected chi connectivity index (χ2v) is 7.72. The number of nitrogens with one attached hydrogen (secondary N) is 2. The molecule has 1 saturated heterocycles. The highest BCUT2D eigenvalue weighted by molar-refractivity contribution is 5.96. The zero-order valence-corrected chi connectivity index (χ0v) is 16.7. The first-order valence-electron chi connectivity index (χ1n) is 9.81. The molecule has 0 aliphatic carbocycles. The van der Waals surface area contributed by atoms with Gasteiger partial charge in [0.1, 0.15) is 11.5 Å². The lowest BCUT2D eigenvalue weighted by Gasteiger charge is -2.16. The number of urea groups is 1. The Balaban J connectivity index is 1.53. The smallest absolute Gasteiger partial charge is 0.319 e. The Morgan fingerprint density at radius 1 is 1.21 bits per heavy atom. The van der Waals surface area contributed by atoms with Crippen LogP contribution in [0, 0.1) is 12.8 Å². The molecule has 0 saturated carbocycles. The van der Waals surface area contributed by atoms with Gasteiger partial charge in [-0.15, -0.1) is 0 Å². The molecule has 0 unspecified atom stereocenters. The molecule has 7 heteroatoms. The van der Waals surface area contributed by atoms with Crippen LogP contribution in [0.2, 0.25) is 0 Å². The van der Waals surface area contributed by atoms with E-state index in [0.29, 0.717) is 22.9 Å².